The fourth-order valence-electron chi connectivity index (χ4n) is 2.62. The molecule has 0 saturated heterocycles. The van der Waals surface area contributed by atoms with Gasteiger partial charge in [-0.05, 0) is 36.4 Å². The Morgan fingerprint density at radius 2 is 1.43 bits per heavy atom. The average Bonchev–Trinajstić information content (AvgIpc) is 2.52. The molecule has 23 heavy (non-hydrogen) atoms. The average molecular weight is 327 g/mol. The minimum absolute atomic E-state index is 0.401. The van der Waals surface area contributed by atoms with Gasteiger partial charge in [0.1, 0.15) is 0 Å². The molecule has 0 N–H and O–H groups in total. The highest BCUT2D eigenvalue weighted by molar-refractivity contribution is 5.29. The SMILES string of the molecule is [N-]=[N+]=NCCCCCCCCCCc1ccccc1C(F)(F)F. The number of benzene rings is 1. The molecule has 0 bridgehead atoms. The van der Waals surface area contributed by atoms with Crippen LogP contribution in [0, 0.1) is 0 Å². The Kier molecular flexibility index (Phi) is 9.22. The zero-order valence-electron chi connectivity index (χ0n) is 13.4. The maximum atomic E-state index is 12.8. The van der Waals surface area contributed by atoms with Crippen LogP contribution >= 0.6 is 0 Å². The maximum Gasteiger partial charge on any atom is 0.416 e. The van der Waals surface area contributed by atoms with Gasteiger partial charge in [-0.3, -0.25) is 0 Å². The first-order valence-electron chi connectivity index (χ1n) is 8.21. The van der Waals surface area contributed by atoms with Gasteiger partial charge in [-0.2, -0.15) is 13.2 Å². The van der Waals surface area contributed by atoms with Crippen LogP contribution in [0.15, 0.2) is 29.4 Å². The Hall–Kier alpha value is -1.68. The van der Waals surface area contributed by atoms with Crippen LogP contribution in [0.3, 0.4) is 0 Å². The molecule has 1 aromatic carbocycles. The minimum atomic E-state index is -4.26. The molecule has 0 aliphatic rings. The first-order valence-corrected chi connectivity index (χ1v) is 8.21. The van der Waals surface area contributed by atoms with E-state index in [1.807, 2.05) is 0 Å². The maximum absolute atomic E-state index is 12.8. The third-order valence-corrected chi connectivity index (χ3v) is 3.84. The van der Waals surface area contributed by atoms with Gasteiger partial charge < -0.3 is 0 Å². The summed E-state index contributed by atoms with van der Waals surface area (Å²) < 4.78 is 38.5. The monoisotopic (exact) mass is 327 g/mol. The summed E-state index contributed by atoms with van der Waals surface area (Å²) >= 11 is 0. The van der Waals surface area contributed by atoms with Gasteiger partial charge in [-0.25, -0.2) is 0 Å². The van der Waals surface area contributed by atoms with Crippen LogP contribution in [0.1, 0.15) is 62.5 Å². The molecule has 128 valence electrons. The normalized spacial score (nSPS) is 11.3. The number of halogens is 3. The van der Waals surface area contributed by atoms with E-state index < -0.39 is 11.7 Å². The molecule has 0 fully saturated rings. The molecule has 6 heteroatoms. The lowest BCUT2D eigenvalue weighted by Gasteiger charge is -2.12. The summed E-state index contributed by atoms with van der Waals surface area (Å²) in [6, 6.07) is 5.84. The Morgan fingerprint density at radius 3 is 2.04 bits per heavy atom. The fraction of sp³-hybridized carbons (Fsp3) is 0.647. The molecule has 0 radical (unpaired) electrons. The van der Waals surface area contributed by atoms with E-state index in [9.17, 15) is 13.2 Å². The zero-order chi connectivity index (χ0) is 17.0. The van der Waals surface area contributed by atoms with E-state index in [1.165, 1.54) is 6.07 Å². The summed E-state index contributed by atoms with van der Waals surface area (Å²) in [4.78, 5) is 2.70. The summed E-state index contributed by atoms with van der Waals surface area (Å²) in [7, 11) is 0. The number of unbranched alkanes of at least 4 members (excludes halogenated alkanes) is 7. The van der Waals surface area contributed by atoms with Gasteiger partial charge in [0, 0.05) is 11.5 Å². The van der Waals surface area contributed by atoms with Gasteiger partial charge in [0.25, 0.3) is 0 Å². The molecule has 0 aliphatic carbocycles. The summed E-state index contributed by atoms with van der Waals surface area (Å²) in [6.45, 7) is 0.565. The van der Waals surface area contributed by atoms with E-state index in [0.717, 1.165) is 57.4 Å². The van der Waals surface area contributed by atoms with Crippen molar-refractivity contribution in [2.75, 3.05) is 6.54 Å². The molecule has 0 unspecified atom stereocenters. The Labute approximate surface area is 135 Å². The molecule has 1 aromatic rings. The lowest BCUT2D eigenvalue weighted by molar-refractivity contribution is -0.138. The summed E-state index contributed by atoms with van der Waals surface area (Å²) in [6.07, 6.45) is 4.42. The Morgan fingerprint density at radius 1 is 0.870 bits per heavy atom. The van der Waals surface area contributed by atoms with Crippen molar-refractivity contribution in [3.05, 3.63) is 45.8 Å². The number of alkyl halides is 3. The number of aryl methyl sites for hydroxylation is 1. The van der Waals surface area contributed by atoms with Gasteiger partial charge in [0.2, 0.25) is 0 Å². The molecule has 0 amide bonds. The highest BCUT2D eigenvalue weighted by Gasteiger charge is 2.32. The topological polar surface area (TPSA) is 48.8 Å². The van der Waals surface area contributed by atoms with Crippen LogP contribution < -0.4 is 0 Å². The van der Waals surface area contributed by atoms with E-state index >= 15 is 0 Å². The van der Waals surface area contributed by atoms with E-state index in [4.69, 9.17) is 5.53 Å². The zero-order valence-corrected chi connectivity index (χ0v) is 13.4. The highest BCUT2D eigenvalue weighted by atomic mass is 19.4. The van der Waals surface area contributed by atoms with Gasteiger partial charge >= 0.3 is 6.18 Å². The van der Waals surface area contributed by atoms with Gasteiger partial charge in [-0.1, -0.05) is 61.8 Å². The number of azide groups is 1. The number of rotatable bonds is 11. The fourth-order valence-corrected chi connectivity index (χ4v) is 2.62. The molecule has 0 spiro atoms. The van der Waals surface area contributed by atoms with Crippen LogP contribution in [0.4, 0.5) is 13.2 Å². The second-order valence-electron chi connectivity index (χ2n) is 5.69. The van der Waals surface area contributed by atoms with Crippen LogP contribution in [-0.4, -0.2) is 6.54 Å². The standard InChI is InChI=1S/C17H24F3N3/c18-17(19,20)16-13-9-8-12-15(16)11-7-5-3-1-2-4-6-10-14-22-23-21/h8-9,12-13H,1-7,10-11,14H2. The number of hydrogen-bond donors (Lipinski definition) is 0. The minimum Gasteiger partial charge on any atom is -0.166 e. The molecule has 0 atom stereocenters. The number of hydrogen-bond acceptors (Lipinski definition) is 1. The van der Waals surface area contributed by atoms with Crippen LogP contribution in [0.2, 0.25) is 0 Å². The number of nitrogens with zero attached hydrogens (tertiary/aromatic N) is 3. The Bertz CT molecular complexity index is 494. The first kappa shape index (κ1) is 19.4. The molecule has 0 aliphatic heterocycles. The quantitative estimate of drug-likeness (QED) is 0.188. The predicted octanol–water partition coefficient (Wildman–Crippen LogP) is 6.68. The van der Waals surface area contributed by atoms with Crippen LogP contribution in [0.25, 0.3) is 10.4 Å². The predicted molar refractivity (Wildman–Crippen MR) is 86.1 cm³/mol. The van der Waals surface area contributed by atoms with Crippen molar-refractivity contribution in [2.24, 2.45) is 5.11 Å². The van der Waals surface area contributed by atoms with Crippen molar-refractivity contribution in [1.29, 1.82) is 0 Å². The van der Waals surface area contributed by atoms with E-state index in [1.54, 1.807) is 12.1 Å². The van der Waals surface area contributed by atoms with Crippen LogP contribution in [0.5, 0.6) is 0 Å². The lowest BCUT2D eigenvalue weighted by atomic mass is 10.00. The van der Waals surface area contributed by atoms with Crippen molar-refractivity contribution < 1.29 is 13.2 Å². The van der Waals surface area contributed by atoms with Crippen molar-refractivity contribution in [2.45, 2.75) is 64.0 Å². The van der Waals surface area contributed by atoms with Crippen LogP contribution in [-0.2, 0) is 12.6 Å². The van der Waals surface area contributed by atoms with Crippen molar-refractivity contribution >= 4 is 0 Å². The summed E-state index contributed by atoms with van der Waals surface area (Å²) in [5.41, 5.74) is 8.03. The molecule has 3 nitrogen and oxygen atoms in total. The highest BCUT2D eigenvalue weighted by Crippen LogP contribution is 2.32. The Balaban J connectivity index is 2.11. The summed E-state index contributed by atoms with van der Waals surface area (Å²) in [5.74, 6) is 0. The first-order chi connectivity index (χ1) is 11.1. The third kappa shape index (κ3) is 8.50. The van der Waals surface area contributed by atoms with Crippen molar-refractivity contribution in [3.8, 4) is 0 Å². The second kappa shape index (κ2) is 10.9. The van der Waals surface area contributed by atoms with Gasteiger partial charge in [-0.15, -0.1) is 0 Å². The summed E-state index contributed by atoms with van der Waals surface area (Å²) in [5, 5.41) is 3.48. The van der Waals surface area contributed by atoms with Gasteiger partial charge in [0.05, 0.1) is 5.56 Å². The third-order valence-electron chi connectivity index (χ3n) is 3.84. The lowest BCUT2D eigenvalue weighted by Crippen LogP contribution is -2.08. The molecular formula is C17H24F3N3. The smallest absolute Gasteiger partial charge is 0.166 e. The second-order valence-corrected chi connectivity index (χ2v) is 5.69. The largest absolute Gasteiger partial charge is 0.416 e. The molecular weight excluding hydrogens is 303 g/mol. The van der Waals surface area contributed by atoms with E-state index in [0.29, 0.717) is 18.5 Å². The van der Waals surface area contributed by atoms with E-state index in [-0.39, 0.29) is 0 Å². The molecule has 0 aromatic heterocycles. The van der Waals surface area contributed by atoms with Crippen molar-refractivity contribution in [3.63, 3.8) is 0 Å². The van der Waals surface area contributed by atoms with Crippen molar-refractivity contribution in [1.82, 2.24) is 0 Å². The molecule has 0 heterocycles. The van der Waals surface area contributed by atoms with Gasteiger partial charge in [0.15, 0.2) is 0 Å². The van der Waals surface area contributed by atoms with E-state index in [2.05, 4.69) is 10.0 Å². The molecule has 0 saturated carbocycles. The molecule has 1 rings (SSSR count).